The fourth-order valence-electron chi connectivity index (χ4n) is 2.75. The Balaban J connectivity index is 2.09. The molecule has 0 spiro atoms. The van der Waals surface area contributed by atoms with Crippen molar-refractivity contribution in [2.45, 2.75) is 32.7 Å². The van der Waals surface area contributed by atoms with Gasteiger partial charge in [0.1, 0.15) is 6.04 Å². The molecule has 1 aromatic heterocycles. The topological polar surface area (TPSA) is 65.5 Å². The summed E-state index contributed by atoms with van der Waals surface area (Å²) in [6, 6.07) is 6.60. The predicted octanol–water partition coefficient (Wildman–Crippen LogP) is 3.88. The van der Waals surface area contributed by atoms with Crippen molar-refractivity contribution >= 4 is 34.2 Å². The van der Waals surface area contributed by atoms with Crippen LogP contribution in [0.3, 0.4) is 0 Å². The Kier molecular flexibility index (Phi) is 6.82. The molecule has 6 heteroatoms. The maximum Gasteiger partial charge on any atom is 0.326 e. The van der Waals surface area contributed by atoms with E-state index in [1.54, 1.807) is 24.4 Å². The number of halogens is 1. The molecule has 0 radical (unpaired) electrons. The summed E-state index contributed by atoms with van der Waals surface area (Å²) in [6.45, 7) is 7.11. The lowest BCUT2D eigenvalue weighted by molar-refractivity contribution is -0.138. The molecule has 0 aliphatic carbocycles. The molecule has 1 atom stereocenters. The van der Waals surface area contributed by atoms with E-state index < -0.39 is 12.0 Å². The van der Waals surface area contributed by atoms with E-state index in [4.69, 9.17) is 11.6 Å². The molecule has 0 saturated carbocycles. The van der Waals surface area contributed by atoms with Gasteiger partial charge in [-0.2, -0.15) is 0 Å². The average Bonchev–Trinajstić information content (AvgIpc) is 2.57. The molecule has 1 aromatic carbocycles. The van der Waals surface area contributed by atoms with Gasteiger partial charge in [0.15, 0.2) is 0 Å². The van der Waals surface area contributed by atoms with Gasteiger partial charge in [-0.25, -0.2) is 4.79 Å². The first-order valence-corrected chi connectivity index (χ1v) is 8.69. The van der Waals surface area contributed by atoms with E-state index in [2.05, 4.69) is 29.0 Å². The van der Waals surface area contributed by atoms with Gasteiger partial charge in [0.2, 0.25) is 0 Å². The molecular weight excluding hydrogens is 326 g/mol. The van der Waals surface area contributed by atoms with Crippen LogP contribution in [0.25, 0.3) is 10.9 Å². The Morgan fingerprint density at radius 3 is 2.75 bits per heavy atom. The normalized spacial score (nSPS) is 12.5. The minimum Gasteiger partial charge on any atom is -0.480 e. The van der Waals surface area contributed by atoms with Gasteiger partial charge in [0.05, 0.1) is 5.52 Å². The van der Waals surface area contributed by atoms with Crippen LogP contribution in [0.5, 0.6) is 0 Å². The zero-order valence-electron chi connectivity index (χ0n) is 14.1. The zero-order valence-corrected chi connectivity index (χ0v) is 14.9. The summed E-state index contributed by atoms with van der Waals surface area (Å²) in [5, 5.41) is 14.2. The molecule has 5 nitrogen and oxygen atoms in total. The number of anilines is 1. The second-order valence-corrected chi connectivity index (χ2v) is 6.16. The standard InChI is InChI=1S/C18H24ClN3O2/c1-3-22(4-2)11-5-6-16(18(23)24)21-15-9-10-20-17-12-13(19)7-8-14(15)17/h7-10,12,16H,3-6,11H2,1-2H3,(H,20,21)(H,23,24). The number of benzene rings is 1. The lowest BCUT2D eigenvalue weighted by Crippen LogP contribution is -2.31. The highest BCUT2D eigenvalue weighted by molar-refractivity contribution is 6.31. The second-order valence-electron chi connectivity index (χ2n) is 5.72. The van der Waals surface area contributed by atoms with Crippen molar-refractivity contribution in [1.29, 1.82) is 0 Å². The number of carboxylic acids is 1. The number of nitrogens with zero attached hydrogens (tertiary/aromatic N) is 2. The highest BCUT2D eigenvalue weighted by atomic mass is 35.5. The fraction of sp³-hybridized carbons (Fsp3) is 0.444. The lowest BCUT2D eigenvalue weighted by Gasteiger charge is -2.21. The van der Waals surface area contributed by atoms with E-state index in [1.807, 2.05) is 6.07 Å². The summed E-state index contributed by atoms with van der Waals surface area (Å²) >= 11 is 5.99. The number of pyridine rings is 1. The zero-order chi connectivity index (χ0) is 17.5. The molecule has 0 saturated heterocycles. The number of carbonyl (C=O) groups is 1. The van der Waals surface area contributed by atoms with E-state index in [1.165, 1.54) is 0 Å². The van der Waals surface area contributed by atoms with Crippen LogP contribution in [-0.4, -0.2) is 46.6 Å². The Morgan fingerprint density at radius 1 is 1.33 bits per heavy atom. The van der Waals surface area contributed by atoms with Crippen LogP contribution in [-0.2, 0) is 4.79 Å². The van der Waals surface area contributed by atoms with Crippen molar-refractivity contribution in [2.75, 3.05) is 25.0 Å². The molecule has 24 heavy (non-hydrogen) atoms. The van der Waals surface area contributed by atoms with Crippen LogP contribution in [0.2, 0.25) is 5.02 Å². The number of aromatic nitrogens is 1. The van der Waals surface area contributed by atoms with E-state index in [0.29, 0.717) is 11.4 Å². The van der Waals surface area contributed by atoms with Crippen molar-refractivity contribution in [3.8, 4) is 0 Å². The first kappa shape index (κ1) is 18.5. The number of aliphatic carboxylic acids is 1. The van der Waals surface area contributed by atoms with Gasteiger partial charge < -0.3 is 15.3 Å². The second kappa shape index (κ2) is 8.85. The number of hydrogen-bond acceptors (Lipinski definition) is 4. The molecule has 130 valence electrons. The summed E-state index contributed by atoms with van der Waals surface area (Å²) in [5.74, 6) is -0.839. The smallest absolute Gasteiger partial charge is 0.326 e. The van der Waals surface area contributed by atoms with Gasteiger partial charge in [0, 0.05) is 22.3 Å². The van der Waals surface area contributed by atoms with Gasteiger partial charge in [-0.05, 0) is 56.7 Å². The maximum atomic E-state index is 11.6. The average molecular weight is 350 g/mol. The summed E-state index contributed by atoms with van der Waals surface area (Å²) in [5.41, 5.74) is 1.52. The Hall–Kier alpha value is -1.85. The lowest BCUT2D eigenvalue weighted by atomic mass is 10.1. The number of nitrogens with one attached hydrogen (secondary N) is 1. The molecule has 0 aliphatic heterocycles. The first-order chi connectivity index (χ1) is 11.5. The molecule has 2 rings (SSSR count). The van der Waals surface area contributed by atoms with Gasteiger partial charge in [-0.1, -0.05) is 25.4 Å². The van der Waals surface area contributed by atoms with Crippen LogP contribution in [0, 0.1) is 0 Å². The van der Waals surface area contributed by atoms with Crippen molar-refractivity contribution in [2.24, 2.45) is 0 Å². The van der Waals surface area contributed by atoms with Gasteiger partial charge >= 0.3 is 5.97 Å². The van der Waals surface area contributed by atoms with Crippen LogP contribution >= 0.6 is 11.6 Å². The van der Waals surface area contributed by atoms with Crippen molar-refractivity contribution in [3.05, 3.63) is 35.5 Å². The van der Waals surface area contributed by atoms with E-state index >= 15 is 0 Å². The van der Waals surface area contributed by atoms with E-state index in [-0.39, 0.29) is 0 Å². The van der Waals surface area contributed by atoms with Crippen molar-refractivity contribution < 1.29 is 9.90 Å². The van der Waals surface area contributed by atoms with Gasteiger partial charge in [-0.3, -0.25) is 4.98 Å². The fourth-order valence-corrected chi connectivity index (χ4v) is 2.92. The monoisotopic (exact) mass is 349 g/mol. The number of rotatable bonds is 9. The van der Waals surface area contributed by atoms with Gasteiger partial charge in [-0.15, -0.1) is 0 Å². The van der Waals surface area contributed by atoms with Crippen molar-refractivity contribution in [3.63, 3.8) is 0 Å². The maximum absolute atomic E-state index is 11.6. The summed E-state index contributed by atoms with van der Waals surface area (Å²) < 4.78 is 0. The third kappa shape index (κ3) is 4.82. The number of carboxylic acid groups (broad SMARTS) is 1. The molecule has 1 unspecified atom stereocenters. The molecule has 0 aliphatic rings. The van der Waals surface area contributed by atoms with Crippen molar-refractivity contribution in [1.82, 2.24) is 9.88 Å². The quantitative estimate of drug-likeness (QED) is 0.719. The third-order valence-corrected chi connectivity index (χ3v) is 4.43. The molecule has 0 bridgehead atoms. The Labute approximate surface area is 147 Å². The minimum atomic E-state index is -0.839. The van der Waals surface area contributed by atoms with E-state index in [0.717, 1.165) is 42.6 Å². The summed E-state index contributed by atoms with van der Waals surface area (Å²) in [7, 11) is 0. The molecule has 0 amide bonds. The van der Waals surface area contributed by atoms with Gasteiger partial charge in [0.25, 0.3) is 0 Å². The summed E-state index contributed by atoms with van der Waals surface area (Å²) in [4.78, 5) is 18.2. The largest absolute Gasteiger partial charge is 0.480 e. The molecule has 2 N–H and O–H groups in total. The Bertz CT molecular complexity index is 689. The minimum absolute atomic E-state index is 0.573. The third-order valence-electron chi connectivity index (χ3n) is 4.19. The predicted molar refractivity (Wildman–Crippen MR) is 98.8 cm³/mol. The SMILES string of the molecule is CCN(CC)CCCC(Nc1ccnc2cc(Cl)ccc12)C(=O)O. The molecular formula is C18H24ClN3O2. The van der Waals surface area contributed by atoms with Crippen LogP contribution < -0.4 is 5.32 Å². The van der Waals surface area contributed by atoms with Crippen LogP contribution in [0.1, 0.15) is 26.7 Å². The Morgan fingerprint density at radius 2 is 2.08 bits per heavy atom. The molecule has 1 heterocycles. The molecule has 0 fully saturated rings. The number of hydrogen-bond donors (Lipinski definition) is 2. The molecule has 2 aromatic rings. The number of fused-ring (bicyclic) bond motifs is 1. The highest BCUT2D eigenvalue weighted by Gasteiger charge is 2.18. The first-order valence-electron chi connectivity index (χ1n) is 8.31. The summed E-state index contributed by atoms with van der Waals surface area (Å²) in [6.07, 6.45) is 3.07. The highest BCUT2D eigenvalue weighted by Crippen LogP contribution is 2.25. The van der Waals surface area contributed by atoms with Crippen LogP contribution in [0.15, 0.2) is 30.5 Å². The van der Waals surface area contributed by atoms with E-state index in [9.17, 15) is 9.90 Å². The van der Waals surface area contributed by atoms with Crippen LogP contribution in [0.4, 0.5) is 5.69 Å².